The fourth-order valence-corrected chi connectivity index (χ4v) is 2.91. The van der Waals surface area contributed by atoms with Crippen LogP contribution >= 0.6 is 11.3 Å². The molecule has 2 aromatic rings. The Bertz CT molecular complexity index is 671. The average molecular weight is 318 g/mol. The van der Waals surface area contributed by atoms with E-state index in [1.165, 1.54) is 6.08 Å². The van der Waals surface area contributed by atoms with Crippen LogP contribution in [-0.4, -0.2) is 33.4 Å². The smallest absolute Gasteiger partial charge is 0.248 e. The standard InChI is InChI=1S/C15H18N4O2S/c1-11-17-12(10-22-11)4-5-15(20)18-13-7-16-19(8-13)9-14-3-2-6-21-14/h4-5,7-8,10,14H,2-3,6,9H2,1H3,(H,18,20)/b5-4+/t14-/m0/s1. The third-order valence-corrected chi connectivity index (χ3v) is 4.15. The molecule has 0 aromatic carbocycles. The number of aryl methyl sites for hydroxylation is 1. The van der Waals surface area contributed by atoms with Crippen LogP contribution < -0.4 is 5.32 Å². The van der Waals surface area contributed by atoms with E-state index in [1.807, 2.05) is 18.5 Å². The average Bonchev–Trinajstić information content (AvgIpc) is 3.21. The molecule has 1 aliphatic heterocycles. The lowest BCUT2D eigenvalue weighted by atomic mass is 10.2. The predicted octanol–water partition coefficient (Wildman–Crippen LogP) is 2.48. The molecule has 1 saturated heterocycles. The Morgan fingerprint density at radius 2 is 2.55 bits per heavy atom. The van der Waals surface area contributed by atoms with Crippen molar-refractivity contribution in [2.45, 2.75) is 32.4 Å². The van der Waals surface area contributed by atoms with Gasteiger partial charge in [-0.15, -0.1) is 11.3 Å². The lowest BCUT2D eigenvalue weighted by Crippen LogP contribution is -2.15. The van der Waals surface area contributed by atoms with Gasteiger partial charge in [0.2, 0.25) is 5.91 Å². The maximum Gasteiger partial charge on any atom is 0.248 e. The highest BCUT2D eigenvalue weighted by Gasteiger charge is 2.16. The summed E-state index contributed by atoms with van der Waals surface area (Å²) in [5.74, 6) is -0.192. The van der Waals surface area contributed by atoms with E-state index in [-0.39, 0.29) is 12.0 Å². The lowest BCUT2D eigenvalue weighted by molar-refractivity contribution is -0.111. The number of rotatable bonds is 5. The van der Waals surface area contributed by atoms with Gasteiger partial charge in [-0.25, -0.2) is 4.98 Å². The molecular weight excluding hydrogens is 300 g/mol. The van der Waals surface area contributed by atoms with Crippen LogP contribution in [0.4, 0.5) is 5.69 Å². The molecule has 1 N–H and O–H groups in total. The minimum atomic E-state index is -0.192. The molecule has 0 saturated carbocycles. The SMILES string of the molecule is Cc1nc(/C=C/C(=O)Nc2cnn(C[C@@H]3CCCO3)c2)cs1. The van der Waals surface area contributed by atoms with Crippen LogP contribution in [0.15, 0.2) is 23.8 Å². The Labute approximate surface area is 132 Å². The third-order valence-electron chi connectivity index (χ3n) is 3.36. The Kier molecular flexibility index (Phi) is 4.65. The van der Waals surface area contributed by atoms with Gasteiger partial charge in [-0.05, 0) is 25.8 Å². The van der Waals surface area contributed by atoms with E-state index in [4.69, 9.17) is 4.74 Å². The first-order valence-electron chi connectivity index (χ1n) is 7.24. The van der Waals surface area contributed by atoms with Crippen LogP contribution in [0.2, 0.25) is 0 Å². The lowest BCUT2D eigenvalue weighted by Gasteiger charge is -2.08. The van der Waals surface area contributed by atoms with Crippen molar-refractivity contribution in [3.8, 4) is 0 Å². The van der Waals surface area contributed by atoms with E-state index in [9.17, 15) is 4.79 Å². The van der Waals surface area contributed by atoms with E-state index >= 15 is 0 Å². The maximum absolute atomic E-state index is 11.9. The summed E-state index contributed by atoms with van der Waals surface area (Å²) in [5.41, 5.74) is 1.48. The van der Waals surface area contributed by atoms with E-state index in [0.717, 1.165) is 36.7 Å². The largest absolute Gasteiger partial charge is 0.376 e. The number of thiazole rings is 1. The van der Waals surface area contributed by atoms with Crippen LogP contribution in [0.5, 0.6) is 0 Å². The number of anilines is 1. The van der Waals surface area contributed by atoms with Gasteiger partial charge in [-0.2, -0.15) is 5.10 Å². The summed E-state index contributed by atoms with van der Waals surface area (Å²) >= 11 is 1.56. The Balaban J connectivity index is 1.53. The first-order chi connectivity index (χ1) is 10.7. The molecule has 1 amide bonds. The zero-order chi connectivity index (χ0) is 15.4. The van der Waals surface area contributed by atoms with Gasteiger partial charge in [0.15, 0.2) is 0 Å². The number of nitrogens with zero attached hydrogens (tertiary/aromatic N) is 3. The van der Waals surface area contributed by atoms with Gasteiger partial charge in [0.05, 0.1) is 35.2 Å². The van der Waals surface area contributed by atoms with E-state index in [0.29, 0.717) is 5.69 Å². The molecule has 22 heavy (non-hydrogen) atoms. The van der Waals surface area contributed by atoms with Crippen molar-refractivity contribution in [2.75, 3.05) is 11.9 Å². The van der Waals surface area contributed by atoms with Gasteiger partial charge < -0.3 is 10.1 Å². The second-order valence-electron chi connectivity index (χ2n) is 5.20. The summed E-state index contributed by atoms with van der Waals surface area (Å²) < 4.78 is 7.38. The van der Waals surface area contributed by atoms with Gasteiger partial charge in [0, 0.05) is 24.3 Å². The molecule has 0 radical (unpaired) electrons. The highest BCUT2D eigenvalue weighted by Crippen LogP contribution is 2.15. The number of aromatic nitrogens is 3. The number of ether oxygens (including phenoxy) is 1. The van der Waals surface area contributed by atoms with Crippen molar-refractivity contribution in [2.24, 2.45) is 0 Å². The number of amides is 1. The van der Waals surface area contributed by atoms with Gasteiger partial charge in [-0.1, -0.05) is 0 Å². The van der Waals surface area contributed by atoms with Crippen molar-refractivity contribution in [1.29, 1.82) is 0 Å². The predicted molar refractivity (Wildman–Crippen MR) is 85.7 cm³/mol. The highest BCUT2D eigenvalue weighted by atomic mass is 32.1. The van der Waals surface area contributed by atoms with Crippen LogP contribution in [0.3, 0.4) is 0 Å². The first kappa shape index (κ1) is 14.9. The molecular formula is C15H18N4O2S. The normalized spacial score (nSPS) is 18.1. The fraction of sp³-hybridized carbons (Fsp3) is 0.400. The Morgan fingerprint density at radius 3 is 3.27 bits per heavy atom. The molecule has 0 aliphatic carbocycles. The summed E-state index contributed by atoms with van der Waals surface area (Å²) in [6, 6.07) is 0. The maximum atomic E-state index is 11.9. The summed E-state index contributed by atoms with van der Waals surface area (Å²) in [4.78, 5) is 16.1. The first-order valence-corrected chi connectivity index (χ1v) is 8.12. The molecule has 2 aromatic heterocycles. The zero-order valence-corrected chi connectivity index (χ0v) is 13.2. The van der Waals surface area contributed by atoms with Crippen LogP contribution in [0.25, 0.3) is 6.08 Å². The summed E-state index contributed by atoms with van der Waals surface area (Å²) in [5, 5.41) is 9.93. The number of carbonyl (C=O) groups is 1. The zero-order valence-electron chi connectivity index (χ0n) is 12.4. The molecule has 0 spiro atoms. The number of hydrogen-bond donors (Lipinski definition) is 1. The van der Waals surface area contributed by atoms with Crippen LogP contribution in [0, 0.1) is 6.92 Å². The van der Waals surface area contributed by atoms with Crippen molar-refractivity contribution < 1.29 is 9.53 Å². The number of nitrogens with one attached hydrogen (secondary N) is 1. The Hall–Kier alpha value is -1.99. The molecule has 6 nitrogen and oxygen atoms in total. The van der Waals surface area contributed by atoms with Gasteiger partial charge >= 0.3 is 0 Å². The minimum Gasteiger partial charge on any atom is -0.376 e. The topological polar surface area (TPSA) is 69.0 Å². The van der Waals surface area contributed by atoms with Crippen molar-refractivity contribution in [1.82, 2.24) is 14.8 Å². The fourth-order valence-electron chi connectivity index (χ4n) is 2.33. The van der Waals surface area contributed by atoms with Crippen molar-refractivity contribution in [3.63, 3.8) is 0 Å². The summed E-state index contributed by atoms with van der Waals surface area (Å²) in [7, 11) is 0. The molecule has 3 rings (SSSR count). The summed E-state index contributed by atoms with van der Waals surface area (Å²) in [6.45, 7) is 3.49. The second kappa shape index (κ2) is 6.85. The second-order valence-corrected chi connectivity index (χ2v) is 6.26. The minimum absolute atomic E-state index is 0.192. The van der Waals surface area contributed by atoms with Crippen molar-refractivity contribution in [3.05, 3.63) is 34.6 Å². The highest BCUT2D eigenvalue weighted by molar-refractivity contribution is 7.09. The van der Waals surface area contributed by atoms with Crippen LogP contribution in [-0.2, 0) is 16.1 Å². The van der Waals surface area contributed by atoms with E-state index in [1.54, 1.807) is 28.3 Å². The molecule has 0 unspecified atom stereocenters. The Morgan fingerprint density at radius 1 is 1.64 bits per heavy atom. The number of hydrogen-bond acceptors (Lipinski definition) is 5. The molecule has 1 aliphatic rings. The quantitative estimate of drug-likeness (QED) is 0.860. The van der Waals surface area contributed by atoms with Gasteiger partial charge in [0.1, 0.15) is 0 Å². The van der Waals surface area contributed by atoms with E-state index in [2.05, 4.69) is 15.4 Å². The van der Waals surface area contributed by atoms with E-state index < -0.39 is 0 Å². The molecule has 1 atom stereocenters. The number of carbonyl (C=O) groups excluding carboxylic acids is 1. The molecule has 0 bridgehead atoms. The monoisotopic (exact) mass is 318 g/mol. The van der Waals surface area contributed by atoms with Crippen LogP contribution in [0.1, 0.15) is 23.5 Å². The third kappa shape index (κ3) is 4.02. The molecule has 7 heteroatoms. The molecule has 3 heterocycles. The van der Waals surface area contributed by atoms with Gasteiger partial charge in [-0.3, -0.25) is 9.48 Å². The molecule has 116 valence electrons. The molecule has 1 fully saturated rings. The van der Waals surface area contributed by atoms with Gasteiger partial charge in [0.25, 0.3) is 0 Å². The van der Waals surface area contributed by atoms with Crippen molar-refractivity contribution >= 4 is 29.0 Å². The summed E-state index contributed by atoms with van der Waals surface area (Å²) in [6.07, 6.45) is 9.06.